The quantitative estimate of drug-likeness (QED) is 0.856. The van der Waals surface area contributed by atoms with Gasteiger partial charge in [-0.3, -0.25) is 0 Å². The van der Waals surface area contributed by atoms with Crippen molar-refractivity contribution in [2.45, 2.75) is 33.3 Å². The number of ether oxygens (including phenoxy) is 1. The Labute approximate surface area is 123 Å². The summed E-state index contributed by atoms with van der Waals surface area (Å²) in [5.74, 6) is 1.49. The lowest BCUT2D eigenvalue weighted by Crippen LogP contribution is -2.33. The zero-order chi connectivity index (χ0) is 14.8. The maximum Gasteiger partial charge on any atom is 0.225 e. The van der Waals surface area contributed by atoms with Gasteiger partial charge in [0.15, 0.2) is 0 Å². The average Bonchev–Trinajstić information content (AvgIpc) is 2.76. The number of anilines is 2. The molecule has 0 aromatic carbocycles. The van der Waals surface area contributed by atoms with Gasteiger partial charge in [0, 0.05) is 25.1 Å². The van der Waals surface area contributed by atoms with Gasteiger partial charge in [0.2, 0.25) is 5.95 Å². The Morgan fingerprint density at radius 2 is 2.10 bits per heavy atom. The van der Waals surface area contributed by atoms with Crippen LogP contribution < -0.4 is 10.6 Å². The van der Waals surface area contributed by atoms with Crippen LogP contribution in [0.5, 0.6) is 0 Å². The highest BCUT2D eigenvalue weighted by Crippen LogP contribution is 2.29. The van der Waals surface area contributed by atoms with Crippen LogP contribution in [0, 0.1) is 6.92 Å². The molecule has 0 aliphatic heterocycles. The van der Waals surface area contributed by atoms with E-state index in [0.717, 1.165) is 16.0 Å². The molecule has 2 heterocycles. The van der Waals surface area contributed by atoms with Gasteiger partial charge in [0.25, 0.3) is 0 Å². The van der Waals surface area contributed by atoms with Crippen LogP contribution in [-0.4, -0.2) is 35.8 Å². The number of nitrogens with zero attached hydrogens (tertiary/aromatic N) is 2. The molecule has 110 valence electrons. The third-order valence-electron chi connectivity index (χ3n) is 2.96. The van der Waals surface area contributed by atoms with Crippen molar-refractivity contribution < 1.29 is 4.74 Å². The smallest absolute Gasteiger partial charge is 0.225 e. The van der Waals surface area contributed by atoms with E-state index in [4.69, 9.17) is 4.74 Å². The van der Waals surface area contributed by atoms with Crippen LogP contribution in [0.4, 0.5) is 11.8 Å². The molecule has 5 nitrogen and oxygen atoms in total. The molecule has 0 aliphatic carbocycles. The Bertz CT molecular complexity index is 594. The fourth-order valence-corrected chi connectivity index (χ4v) is 2.91. The van der Waals surface area contributed by atoms with Crippen LogP contribution in [-0.2, 0) is 4.74 Å². The van der Waals surface area contributed by atoms with Gasteiger partial charge in [-0.05, 0) is 33.8 Å². The molecular formula is C14H22N4OS. The van der Waals surface area contributed by atoms with Crippen LogP contribution in [0.2, 0.25) is 0 Å². The summed E-state index contributed by atoms with van der Waals surface area (Å²) in [6, 6.07) is 2.12. The van der Waals surface area contributed by atoms with E-state index in [-0.39, 0.29) is 5.60 Å². The van der Waals surface area contributed by atoms with Gasteiger partial charge >= 0.3 is 0 Å². The maximum atomic E-state index is 5.71. The molecule has 2 aromatic rings. The lowest BCUT2D eigenvalue weighted by Gasteiger charge is -2.25. The number of hydrogen-bond acceptors (Lipinski definition) is 6. The number of rotatable bonds is 6. The third-order valence-corrected chi connectivity index (χ3v) is 3.90. The fourth-order valence-electron chi connectivity index (χ4n) is 2.03. The van der Waals surface area contributed by atoms with Gasteiger partial charge in [-0.1, -0.05) is 0 Å². The second kappa shape index (κ2) is 5.93. The first kappa shape index (κ1) is 15.0. The van der Waals surface area contributed by atoms with Gasteiger partial charge in [-0.25, -0.2) is 4.98 Å². The summed E-state index contributed by atoms with van der Waals surface area (Å²) in [6.45, 7) is 9.63. The van der Waals surface area contributed by atoms with E-state index < -0.39 is 0 Å². The molecule has 0 bridgehead atoms. The first-order valence-corrected chi connectivity index (χ1v) is 7.60. The zero-order valence-electron chi connectivity index (χ0n) is 12.7. The minimum absolute atomic E-state index is 0.225. The van der Waals surface area contributed by atoms with E-state index in [2.05, 4.69) is 47.4 Å². The SMILES string of the molecule is CCOC(C)(C)CNc1nc(NC)nc2sc(C)cc12. The maximum absolute atomic E-state index is 5.71. The summed E-state index contributed by atoms with van der Waals surface area (Å²) >= 11 is 1.68. The first-order valence-electron chi connectivity index (χ1n) is 6.79. The molecule has 2 rings (SSSR count). The summed E-state index contributed by atoms with van der Waals surface area (Å²) in [5, 5.41) is 7.46. The number of aryl methyl sites for hydroxylation is 1. The minimum atomic E-state index is -0.225. The average molecular weight is 294 g/mol. The topological polar surface area (TPSA) is 59.1 Å². The second-order valence-corrected chi connectivity index (χ2v) is 6.50. The van der Waals surface area contributed by atoms with Crippen molar-refractivity contribution in [2.75, 3.05) is 30.8 Å². The minimum Gasteiger partial charge on any atom is -0.374 e. The molecule has 0 unspecified atom stereocenters. The van der Waals surface area contributed by atoms with E-state index in [0.29, 0.717) is 19.1 Å². The molecule has 0 amide bonds. The monoisotopic (exact) mass is 294 g/mol. The highest BCUT2D eigenvalue weighted by Gasteiger charge is 2.19. The molecule has 20 heavy (non-hydrogen) atoms. The number of thiophene rings is 1. The number of fused-ring (bicyclic) bond motifs is 1. The number of hydrogen-bond donors (Lipinski definition) is 2. The third kappa shape index (κ3) is 3.37. The molecule has 0 aliphatic rings. The largest absolute Gasteiger partial charge is 0.374 e. The van der Waals surface area contributed by atoms with E-state index in [1.165, 1.54) is 4.88 Å². The van der Waals surface area contributed by atoms with E-state index >= 15 is 0 Å². The van der Waals surface area contributed by atoms with Gasteiger partial charge in [-0.2, -0.15) is 4.98 Å². The summed E-state index contributed by atoms with van der Waals surface area (Å²) in [7, 11) is 1.83. The van der Waals surface area contributed by atoms with Crippen molar-refractivity contribution in [1.82, 2.24) is 9.97 Å². The lowest BCUT2D eigenvalue weighted by molar-refractivity contribution is 0.000664. The van der Waals surface area contributed by atoms with Gasteiger partial charge in [0.05, 0.1) is 11.0 Å². The van der Waals surface area contributed by atoms with Gasteiger partial charge < -0.3 is 15.4 Å². The van der Waals surface area contributed by atoms with Crippen molar-refractivity contribution in [3.05, 3.63) is 10.9 Å². The molecule has 0 saturated heterocycles. The van der Waals surface area contributed by atoms with Gasteiger partial charge in [0.1, 0.15) is 10.6 Å². The molecule has 0 atom stereocenters. The van der Waals surface area contributed by atoms with E-state index in [9.17, 15) is 0 Å². The molecule has 0 radical (unpaired) electrons. The summed E-state index contributed by atoms with van der Waals surface area (Å²) in [6.07, 6.45) is 0. The van der Waals surface area contributed by atoms with Crippen molar-refractivity contribution in [2.24, 2.45) is 0 Å². The van der Waals surface area contributed by atoms with E-state index in [1.807, 2.05) is 14.0 Å². The van der Waals surface area contributed by atoms with Crippen molar-refractivity contribution in [1.29, 1.82) is 0 Å². The van der Waals surface area contributed by atoms with Crippen molar-refractivity contribution in [3.8, 4) is 0 Å². The van der Waals surface area contributed by atoms with Crippen LogP contribution >= 0.6 is 11.3 Å². The van der Waals surface area contributed by atoms with Crippen LogP contribution in [0.1, 0.15) is 25.6 Å². The summed E-state index contributed by atoms with van der Waals surface area (Å²) in [5.41, 5.74) is -0.225. The predicted molar refractivity (Wildman–Crippen MR) is 85.9 cm³/mol. The van der Waals surface area contributed by atoms with Gasteiger partial charge in [-0.15, -0.1) is 11.3 Å². The molecule has 0 spiro atoms. The highest BCUT2D eigenvalue weighted by molar-refractivity contribution is 7.18. The molecular weight excluding hydrogens is 272 g/mol. The summed E-state index contributed by atoms with van der Waals surface area (Å²) < 4.78 is 5.71. The van der Waals surface area contributed by atoms with E-state index in [1.54, 1.807) is 11.3 Å². The molecule has 0 saturated carbocycles. The van der Waals surface area contributed by atoms with Crippen LogP contribution in [0.25, 0.3) is 10.2 Å². The Morgan fingerprint density at radius 1 is 1.35 bits per heavy atom. The number of aromatic nitrogens is 2. The molecule has 0 fully saturated rings. The van der Waals surface area contributed by atoms with Crippen LogP contribution in [0.3, 0.4) is 0 Å². The Balaban J connectivity index is 2.28. The molecule has 2 aromatic heterocycles. The Kier molecular flexibility index (Phi) is 4.45. The van der Waals surface area contributed by atoms with Crippen molar-refractivity contribution in [3.63, 3.8) is 0 Å². The highest BCUT2D eigenvalue weighted by atomic mass is 32.1. The Morgan fingerprint density at radius 3 is 2.75 bits per heavy atom. The second-order valence-electron chi connectivity index (χ2n) is 5.27. The first-order chi connectivity index (χ1) is 9.45. The molecule has 6 heteroatoms. The van der Waals surface area contributed by atoms with Crippen molar-refractivity contribution >= 4 is 33.3 Å². The molecule has 2 N–H and O–H groups in total. The lowest BCUT2D eigenvalue weighted by atomic mass is 10.1. The standard InChI is InChI=1S/C14H22N4OS/c1-6-19-14(3,4)8-16-11-10-7-9(2)20-12(10)18-13(15-5)17-11/h7H,6,8H2,1-5H3,(H2,15,16,17,18). The Hall–Kier alpha value is -1.40. The van der Waals surface area contributed by atoms with Crippen LogP contribution in [0.15, 0.2) is 6.07 Å². The normalized spacial score (nSPS) is 11.8. The summed E-state index contributed by atoms with van der Waals surface area (Å²) in [4.78, 5) is 11.2. The number of nitrogens with one attached hydrogen (secondary N) is 2. The predicted octanol–water partition coefficient (Wildman–Crippen LogP) is 3.27. The fraction of sp³-hybridized carbons (Fsp3) is 0.571. The zero-order valence-corrected chi connectivity index (χ0v) is 13.5.